The van der Waals surface area contributed by atoms with Crippen molar-refractivity contribution in [3.05, 3.63) is 60.2 Å². The first-order valence-electron chi connectivity index (χ1n) is 14.3. The largest absolute Gasteiger partial charge is 0.444 e. The SMILES string of the molecule is CC(C)(C)OC(=O)N(CCCCCO)CCCN(Cc1c2ccccc2cc2ccccc12)C(=O)OC(C)(C)C. The fourth-order valence-corrected chi connectivity index (χ4v) is 4.70. The van der Waals surface area contributed by atoms with Crippen LogP contribution in [0.2, 0.25) is 0 Å². The maximum atomic E-state index is 13.5. The summed E-state index contributed by atoms with van der Waals surface area (Å²) >= 11 is 0. The molecule has 0 bridgehead atoms. The highest BCUT2D eigenvalue weighted by Gasteiger charge is 2.25. The van der Waals surface area contributed by atoms with Gasteiger partial charge in [-0.3, -0.25) is 0 Å². The van der Waals surface area contributed by atoms with Gasteiger partial charge in [-0.25, -0.2) is 9.59 Å². The van der Waals surface area contributed by atoms with Crippen LogP contribution in [0.15, 0.2) is 54.6 Å². The van der Waals surface area contributed by atoms with Crippen LogP contribution >= 0.6 is 0 Å². The molecule has 0 aliphatic rings. The normalized spacial score (nSPS) is 12.0. The molecule has 218 valence electrons. The van der Waals surface area contributed by atoms with Gasteiger partial charge in [0.2, 0.25) is 0 Å². The van der Waals surface area contributed by atoms with E-state index in [0.717, 1.165) is 39.9 Å². The van der Waals surface area contributed by atoms with Gasteiger partial charge in [-0.15, -0.1) is 0 Å². The molecular formula is C33H46N2O5. The Bertz CT molecular complexity index is 1220. The fraction of sp³-hybridized carbons (Fsp3) is 0.515. The van der Waals surface area contributed by atoms with Crippen LogP contribution in [0.5, 0.6) is 0 Å². The van der Waals surface area contributed by atoms with E-state index in [-0.39, 0.29) is 18.8 Å². The lowest BCUT2D eigenvalue weighted by molar-refractivity contribution is 0.0194. The molecule has 0 atom stereocenters. The first-order valence-corrected chi connectivity index (χ1v) is 14.3. The topological polar surface area (TPSA) is 79.3 Å². The minimum absolute atomic E-state index is 0.139. The van der Waals surface area contributed by atoms with Gasteiger partial charge in [-0.1, -0.05) is 48.5 Å². The summed E-state index contributed by atoms with van der Waals surface area (Å²) in [7, 11) is 0. The van der Waals surface area contributed by atoms with Crippen molar-refractivity contribution in [1.29, 1.82) is 0 Å². The van der Waals surface area contributed by atoms with Crippen LogP contribution in [0.1, 0.15) is 72.8 Å². The number of hydrogen-bond donors (Lipinski definition) is 1. The van der Waals surface area contributed by atoms with E-state index in [1.165, 1.54) is 0 Å². The van der Waals surface area contributed by atoms with Gasteiger partial charge in [0.05, 0.1) is 6.54 Å². The zero-order valence-electron chi connectivity index (χ0n) is 25.0. The summed E-state index contributed by atoms with van der Waals surface area (Å²) in [5.41, 5.74) is -0.156. The monoisotopic (exact) mass is 550 g/mol. The molecule has 0 spiro atoms. The lowest BCUT2D eigenvalue weighted by Gasteiger charge is -2.30. The van der Waals surface area contributed by atoms with E-state index < -0.39 is 11.2 Å². The van der Waals surface area contributed by atoms with Gasteiger partial charge in [-0.05, 0) is 100 Å². The van der Waals surface area contributed by atoms with E-state index in [9.17, 15) is 9.59 Å². The van der Waals surface area contributed by atoms with Crippen LogP contribution in [0.3, 0.4) is 0 Å². The predicted molar refractivity (Wildman–Crippen MR) is 161 cm³/mol. The molecule has 0 aliphatic heterocycles. The van der Waals surface area contributed by atoms with Crippen LogP contribution in [0.4, 0.5) is 9.59 Å². The number of nitrogens with zero attached hydrogens (tertiary/aromatic N) is 2. The molecule has 3 rings (SSSR count). The van der Waals surface area contributed by atoms with Crippen molar-refractivity contribution >= 4 is 33.7 Å². The molecule has 1 N–H and O–H groups in total. The maximum absolute atomic E-state index is 13.5. The van der Waals surface area contributed by atoms with Crippen LogP contribution in [0.25, 0.3) is 21.5 Å². The molecule has 0 aliphatic carbocycles. The van der Waals surface area contributed by atoms with E-state index >= 15 is 0 Å². The van der Waals surface area contributed by atoms with Crippen molar-refractivity contribution in [2.24, 2.45) is 0 Å². The molecule has 0 heterocycles. The first-order chi connectivity index (χ1) is 18.9. The van der Waals surface area contributed by atoms with E-state index in [4.69, 9.17) is 14.6 Å². The minimum Gasteiger partial charge on any atom is -0.444 e. The van der Waals surface area contributed by atoms with Crippen LogP contribution in [-0.4, -0.2) is 64.5 Å². The number of rotatable bonds is 11. The summed E-state index contributed by atoms with van der Waals surface area (Å²) in [6, 6.07) is 18.7. The van der Waals surface area contributed by atoms with Gasteiger partial charge in [0.1, 0.15) is 11.2 Å². The lowest BCUT2D eigenvalue weighted by atomic mass is 9.96. The summed E-state index contributed by atoms with van der Waals surface area (Å²) in [4.78, 5) is 29.9. The Hall–Kier alpha value is -3.32. The number of unbranched alkanes of at least 4 members (excludes halogenated alkanes) is 2. The second-order valence-electron chi connectivity index (χ2n) is 12.3. The summed E-state index contributed by atoms with van der Waals surface area (Å²) in [6.45, 7) is 13.1. The molecule has 0 fully saturated rings. The molecule has 0 unspecified atom stereocenters. The molecule has 7 heteroatoms. The quantitative estimate of drug-likeness (QED) is 0.197. The predicted octanol–water partition coefficient (Wildman–Crippen LogP) is 7.52. The Morgan fingerprint density at radius 1 is 0.675 bits per heavy atom. The number of aliphatic hydroxyl groups is 1. The van der Waals surface area contributed by atoms with Crippen molar-refractivity contribution in [1.82, 2.24) is 9.80 Å². The second-order valence-corrected chi connectivity index (χ2v) is 12.3. The third-order valence-corrected chi connectivity index (χ3v) is 6.48. The highest BCUT2D eigenvalue weighted by molar-refractivity contribution is 6.02. The van der Waals surface area contributed by atoms with E-state index in [0.29, 0.717) is 39.0 Å². The van der Waals surface area contributed by atoms with Crippen molar-refractivity contribution < 1.29 is 24.2 Å². The number of carbonyl (C=O) groups is 2. The summed E-state index contributed by atoms with van der Waals surface area (Å²) in [5, 5.41) is 13.6. The molecule has 40 heavy (non-hydrogen) atoms. The van der Waals surface area contributed by atoms with Gasteiger partial charge in [-0.2, -0.15) is 0 Å². The van der Waals surface area contributed by atoms with Crippen molar-refractivity contribution in [2.75, 3.05) is 26.2 Å². The molecule has 2 amide bonds. The number of hydrogen-bond acceptors (Lipinski definition) is 5. The molecule has 0 saturated heterocycles. The number of aliphatic hydroxyl groups excluding tert-OH is 1. The van der Waals surface area contributed by atoms with Crippen molar-refractivity contribution in [3.63, 3.8) is 0 Å². The second kappa shape index (κ2) is 13.8. The number of ether oxygens (including phenoxy) is 2. The third-order valence-electron chi connectivity index (χ3n) is 6.48. The zero-order chi connectivity index (χ0) is 29.3. The molecule has 0 radical (unpaired) electrons. The van der Waals surface area contributed by atoms with Gasteiger partial charge >= 0.3 is 12.2 Å². The lowest BCUT2D eigenvalue weighted by Crippen LogP contribution is -2.41. The molecule has 0 aromatic heterocycles. The fourth-order valence-electron chi connectivity index (χ4n) is 4.70. The van der Waals surface area contributed by atoms with Gasteiger partial charge in [0.25, 0.3) is 0 Å². The van der Waals surface area contributed by atoms with Crippen LogP contribution in [0, 0.1) is 0 Å². The Kier molecular flexibility index (Phi) is 10.8. The van der Waals surface area contributed by atoms with E-state index in [2.05, 4.69) is 30.3 Å². The molecule has 7 nitrogen and oxygen atoms in total. The molecule has 3 aromatic carbocycles. The smallest absolute Gasteiger partial charge is 0.410 e. The number of benzene rings is 3. The third kappa shape index (κ3) is 9.40. The average molecular weight is 551 g/mol. The Morgan fingerprint density at radius 2 is 1.15 bits per heavy atom. The molecular weight excluding hydrogens is 504 g/mol. The number of carbonyl (C=O) groups excluding carboxylic acids is 2. The summed E-state index contributed by atoms with van der Waals surface area (Å²) in [5.74, 6) is 0. The Morgan fingerprint density at radius 3 is 1.68 bits per heavy atom. The molecule has 3 aromatic rings. The summed E-state index contributed by atoms with van der Waals surface area (Å²) in [6.07, 6.45) is 2.14. The Labute approximate surface area is 239 Å². The van der Waals surface area contributed by atoms with E-state index in [1.54, 1.807) is 9.80 Å². The van der Waals surface area contributed by atoms with E-state index in [1.807, 2.05) is 65.8 Å². The standard InChI is InChI=1S/C33H46N2O5/c1-32(2,3)39-30(37)34(19-12-7-13-22-36)20-14-21-35(31(38)40-33(4,5)6)24-29-27-17-10-8-15-25(27)23-26-16-9-11-18-28(26)29/h8-11,15-18,23,36H,7,12-14,19-22,24H2,1-6H3. The zero-order valence-corrected chi connectivity index (χ0v) is 25.0. The molecule has 0 saturated carbocycles. The van der Waals surface area contributed by atoms with Gasteiger partial charge in [0, 0.05) is 26.2 Å². The summed E-state index contributed by atoms with van der Waals surface area (Å²) < 4.78 is 11.5. The number of amides is 2. The van der Waals surface area contributed by atoms with Crippen molar-refractivity contribution in [2.45, 2.75) is 85.0 Å². The van der Waals surface area contributed by atoms with Crippen LogP contribution < -0.4 is 0 Å². The van der Waals surface area contributed by atoms with Crippen LogP contribution in [-0.2, 0) is 16.0 Å². The van der Waals surface area contributed by atoms with Crippen molar-refractivity contribution in [3.8, 4) is 0 Å². The highest BCUT2D eigenvalue weighted by atomic mass is 16.6. The maximum Gasteiger partial charge on any atom is 0.410 e. The number of fused-ring (bicyclic) bond motifs is 2. The van der Waals surface area contributed by atoms with Gasteiger partial charge in [0.15, 0.2) is 0 Å². The minimum atomic E-state index is -0.634. The Balaban J connectivity index is 1.85. The van der Waals surface area contributed by atoms with Gasteiger partial charge < -0.3 is 24.4 Å². The highest BCUT2D eigenvalue weighted by Crippen LogP contribution is 2.30. The first kappa shape index (κ1) is 31.2. The average Bonchev–Trinajstić information content (AvgIpc) is 2.86.